The highest BCUT2D eigenvalue weighted by Gasteiger charge is 2.11. The van der Waals surface area contributed by atoms with Gasteiger partial charge >= 0.3 is 0 Å². The van der Waals surface area contributed by atoms with Crippen LogP contribution in [0, 0.1) is 0 Å². The van der Waals surface area contributed by atoms with E-state index in [0.717, 1.165) is 44.8 Å². The lowest BCUT2D eigenvalue weighted by Crippen LogP contribution is -2.37. The van der Waals surface area contributed by atoms with Gasteiger partial charge in [-0.1, -0.05) is 0 Å². The number of H-pyrrole nitrogens is 1. The Morgan fingerprint density at radius 2 is 2.09 bits per heavy atom. The van der Waals surface area contributed by atoms with Crippen molar-refractivity contribution in [3.8, 4) is 11.5 Å². The largest absolute Gasteiger partial charge is 0.493 e. The summed E-state index contributed by atoms with van der Waals surface area (Å²) in [5, 5.41) is 0.602. The molecular formula is C17H22N2O4. The molecule has 0 bridgehead atoms. The molecule has 23 heavy (non-hydrogen) atoms. The standard InChI is InChI=1S/C17H22N2O4/c1-21-16-11-13-14(18-4-3-15(13)20)12-17(16)23-8-2-5-19-6-9-22-10-7-19/h3-4,11-12H,2,5-10H2,1H3,(H,18,20). The molecular weight excluding hydrogens is 296 g/mol. The summed E-state index contributed by atoms with van der Waals surface area (Å²) in [6.07, 6.45) is 2.58. The Morgan fingerprint density at radius 3 is 2.87 bits per heavy atom. The number of hydrogen-bond donors (Lipinski definition) is 1. The number of morpholine rings is 1. The van der Waals surface area contributed by atoms with Crippen LogP contribution in [0.2, 0.25) is 0 Å². The highest BCUT2D eigenvalue weighted by molar-refractivity contribution is 5.82. The fourth-order valence-corrected chi connectivity index (χ4v) is 2.75. The van der Waals surface area contributed by atoms with Gasteiger partial charge in [0.05, 0.1) is 32.4 Å². The van der Waals surface area contributed by atoms with E-state index in [0.29, 0.717) is 23.5 Å². The van der Waals surface area contributed by atoms with Gasteiger partial charge in [-0.3, -0.25) is 9.69 Å². The van der Waals surface area contributed by atoms with E-state index in [-0.39, 0.29) is 5.43 Å². The number of pyridine rings is 1. The van der Waals surface area contributed by atoms with E-state index in [1.165, 1.54) is 6.07 Å². The van der Waals surface area contributed by atoms with Crippen LogP contribution < -0.4 is 14.9 Å². The van der Waals surface area contributed by atoms with Crippen molar-refractivity contribution < 1.29 is 14.2 Å². The Balaban J connectivity index is 1.63. The zero-order valence-electron chi connectivity index (χ0n) is 13.3. The molecule has 6 heteroatoms. The van der Waals surface area contributed by atoms with Gasteiger partial charge in [0.25, 0.3) is 0 Å². The highest BCUT2D eigenvalue weighted by Crippen LogP contribution is 2.30. The molecule has 2 aromatic rings. The van der Waals surface area contributed by atoms with Crippen LogP contribution >= 0.6 is 0 Å². The molecule has 0 atom stereocenters. The van der Waals surface area contributed by atoms with E-state index in [9.17, 15) is 4.79 Å². The first-order chi connectivity index (χ1) is 11.3. The summed E-state index contributed by atoms with van der Waals surface area (Å²) in [5.41, 5.74) is 0.720. The van der Waals surface area contributed by atoms with Crippen molar-refractivity contribution in [1.29, 1.82) is 0 Å². The third-order valence-corrected chi connectivity index (χ3v) is 4.02. The summed E-state index contributed by atoms with van der Waals surface area (Å²) in [6.45, 7) is 5.20. The number of nitrogens with one attached hydrogen (secondary N) is 1. The van der Waals surface area contributed by atoms with E-state index in [1.807, 2.05) is 6.07 Å². The molecule has 1 aromatic heterocycles. The molecule has 0 spiro atoms. The molecule has 124 valence electrons. The van der Waals surface area contributed by atoms with E-state index in [4.69, 9.17) is 14.2 Å². The van der Waals surface area contributed by atoms with Gasteiger partial charge in [0.1, 0.15) is 0 Å². The first-order valence-corrected chi connectivity index (χ1v) is 7.90. The lowest BCUT2D eigenvalue weighted by molar-refractivity contribution is 0.0357. The molecule has 1 fully saturated rings. The minimum Gasteiger partial charge on any atom is -0.493 e. The molecule has 0 unspecified atom stereocenters. The SMILES string of the molecule is COc1cc2c(=O)cc[nH]c2cc1OCCCN1CCOCC1. The van der Waals surface area contributed by atoms with Crippen LogP contribution in [0.1, 0.15) is 6.42 Å². The van der Waals surface area contributed by atoms with Crippen LogP contribution in [0.25, 0.3) is 10.9 Å². The number of ether oxygens (including phenoxy) is 3. The van der Waals surface area contributed by atoms with Gasteiger partial charge in [0.15, 0.2) is 16.9 Å². The highest BCUT2D eigenvalue weighted by atomic mass is 16.5. The number of nitrogens with zero attached hydrogens (tertiary/aromatic N) is 1. The Hall–Kier alpha value is -2.05. The zero-order chi connectivity index (χ0) is 16.1. The maximum atomic E-state index is 11.9. The third-order valence-electron chi connectivity index (χ3n) is 4.02. The molecule has 0 aliphatic carbocycles. The van der Waals surface area contributed by atoms with E-state index >= 15 is 0 Å². The molecule has 1 N–H and O–H groups in total. The zero-order valence-corrected chi connectivity index (χ0v) is 13.3. The number of fused-ring (bicyclic) bond motifs is 1. The lowest BCUT2D eigenvalue weighted by atomic mass is 10.2. The van der Waals surface area contributed by atoms with Crippen molar-refractivity contribution in [3.63, 3.8) is 0 Å². The minimum atomic E-state index is -0.0316. The number of aromatic amines is 1. The van der Waals surface area contributed by atoms with Crippen LogP contribution in [0.3, 0.4) is 0 Å². The predicted molar refractivity (Wildman–Crippen MR) is 88.5 cm³/mol. The van der Waals surface area contributed by atoms with Gasteiger partial charge in [-0.15, -0.1) is 0 Å². The van der Waals surface area contributed by atoms with Crippen molar-refractivity contribution in [2.75, 3.05) is 46.6 Å². The summed E-state index contributed by atoms with van der Waals surface area (Å²) < 4.78 is 16.6. The van der Waals surface area contributed by atoms with E-state index < -0.39 is 0 Å². The average molecular weight is 318 g/mol. The average Bonchev–Trinajstić information content (AvgIpc) is 2.59. The van der Waals surface area contributed by atoms with E-state index in [1.54, 1.807) is 19.4 Å². The molecule has 1 aliphatic rings. The predicted octanol–water partition coefficient (Wildman–Crippen LogP) is 1.64. The van der Waals surface area contributed by atoms with Crippen LogP contribution in [-0.2, 0) is 4.74 Å². The number of aromatic nitrogens is 1. The molecule has 0 radical (unpaired) electrons. The first kappa shape index (κ1) is 15.8. The molecule has 3 rings (SSSR count). The number of methoxy groups -OCH3 is 1. The monoisotopic (exact) mass is 318 g/mol. The second-order valence-electron chi connectivity index (χ2n) is 5.55. The van der Waals surface area contributed by atoms with Crippen molar-refractivity contribution in [1.82, 2.24) is 9.88 Å². The Labute approximate surface area is 135 Å². The Bertz CT molecular complexity index is 707. The van der Waals surface area contributed by atoms with Gasteiger partial charge in [0.2, 0.25) is 0 Å². The topological polar surface area (TPSA) is 63.8 Å². The molecule has 0 saturated carbocycles. The quantitative estimate of drug-likeness (QED) is 0.820. The number of rotatable bonds is 6. The van der Waals surface area contributed by atoms with Crippen LogP contribution in [0.4, 0.5) is 0 Å². The summed E-state index contributed by atoms with van der Waals surface area (Å²) in [4.78, 5) is 17.3. The van der Waals surface area contributed by atoms with Gasteiger partial charge in [-0.2, -0.15) is 0 Å². The second kappa shape index (κ2) is 7.48. The summed E-state index contributed by atoms with van der Waals surface area (Å²) in [6, 6.07) is 5.06. The number of benzene rings is 1. The summed E-state index contributed by atoms with van der Waals surface area (Å²) >= 11 is 0. The molecule has 1 saturated heterocycles. The molecule has 2 heterocycles. The molecule has 6 nitrogen and oxygen atoms in total. The maximum absolute atomic E-state index is 11.9. The van der Waals surface area contributed by atoms with E-state index in [2.05, 4.69) is 9.88 Å². The fraction of sp³-hybridized carbons (Fsp3) is 0.471. The normalized spacial score (nSPS) is 15.7. The smallest absolute Gasteiger partial charge is 0.189 e. The van der Waals surface area contributed by atoms with Crippen molar-refractivity contribution in [2.24, 2.45) is 0 Å². The number of hydrogen-bond acceptors (Lipinski definition) is 5. The van der Waals surface area contributed by atoms with Gasteiger partial charge < -0.3 is 19.2 Å². The Kier molecular flexibility index (Phi) is 5.15. The fourth-order valence-electron chi connectivity index (χ4n) is 2.75. The third kappa shape index (κ3) is 3.83. The maximum Gasteiger partial charge on any atom is 0.189 e. The van der Waals surface area contributed by atoms with Crippen molar-refractivity contribution >= 4 is 10.9 Å². The lowest BCUT2D eigenvalue weighted by Gasteiger charge is -2.26. The minimum absolute atomic E-state index is 0.0316. The summed E-state index contributed by atoms with van der Waals surface area (Å²) in [5.74, 6) is 1.24. The Morgan fingerprint density at radius 1 is 1.26 bits per heavy atom. The second-order valence-corrected chi connectivity index (χ2v) is 5.55. The molecule has 1 aromatic carbocycles. The van der Waals surface area contributed by atoms with Gasteiger partial charge in [-0.05, 0) is 12.5 Å². The molecule has 1 aliphatic heterocycles. The van der Waals surface area contributed by atoms with Crippen molar-refractivity contribution in [2.45, 2.75) is 6.42 Å². The van der Waals surface area contributed by atoms with Crippen LogP contribution in [0.5, 0.6) is 11.5 Å². The van der Waals surface area contributed by atoms with Crippen molar-refractivity contribution in [3.05, 3.63) is 34.6 Å². The van der Waals surface area contributed by atoms with Gasteiger partial charge in [0, 0.05) is 43.4 Å². The first-order valence-electron chi connectivity index (χ1n) is 7.90. The van der Waals surface area contributed by atoms with Gasteiger partial charge in [-0.25, -0.2) is 0 Å². The molecule has 0 amide bonds. The van der Waals surface area contributed by atoms with Crippen LogP contribution in [0.15, 0.2) is 29.2 Å². The van der Waals surface area contributed by atoms with Crippen LogP contribution in [-0.4, -0.2) is 56.4 Å². The summed E-state index contributed by atoms with van der Waals surface area (Å²) in [7, 11) is 1.58.